The number of fused-ring (bicyclic) bond motifs is 1. The first kappa shape index (κ1) is 28.2. The minimum Gasteiger partial charge on any atom is -0.492 e. The molecule has 2 aliphatic heterocycles. The van der Waals surface area contributed by atoms with E-state index in [1.807, 2.05) is 11.0 Å². The van der Waals surface area contributed by atoms with Crippen LogP contribution in [0, 0.1) is 11.3 Å². The molecule has 2 fully saturated rings. The van der Waals surface area contributed by atoms with Crippen molar-refractivity contribution in [3.05, 3.63) is 52.7 Å². The number of carbonyl (C=O) groups is 1. The highest BCUT2D eigenvalue weighted by atomic mass is 32.1. The van der Waals surface area contributed by atoms with Gasteiger partial charge in [-0.1, -0.05) is 11.7 Å². The molecular weight excluding hydrogens is 550 g/mol. The molecule has 42 heavy (non-hydrogen) atoms. The third-order valence-electron chi connectivity index (χ3n) is 8.81. The predicted molar refractivity (Wildman–Crippen MR) is 163 cm³/mol. The summed E-state index contributed by atoms with van der Waals surface area (Å²) in [6.45, 7) is 12.1. The van der Waals surface area contributed by atoms with Crippen LogP contribution in [0.25, 0.3) is 11.4 Å². The van der Waals surface area contributed by atoms with Crippen LogP contribution in [0.5, 0.6) is 5.75 Å². The largest absolute Gasteiger partial charge is 0.492 e. The predicted octanol–water partition coefficient (Wildman–Crippen LogP) is 4.20. The van der Waals surface area contributed by atoms with E-state index in [9.17, 15) is 10.1 Å². The highest BCUT2D eigenvalue weighted by molar-refractivity contribution is 7.16. The Labute approximate surface area is 250 Å². The van der Waals surface area contributed by atoms with Crippen LogP contribution in [0.15, 0.2) is 35.4 Å². The summed E-state index contributed by atoms with van der Waals surface area (Å²) in [6, 6.07) is 8.40. The summed E-state index contributed by atoms with van der Waals surface area (Å²) in [7, 11) is 0. The fraction of sp³-hybridized carbons (Fsp3) is 0.484. The summed E-state index contributed by atoms with van der Waals surface area (Å²) in [5.41, 5.74) is 8.89. The van der Waals surface area contributed by atoms with Crippen molar-refractivity contribution in [3.8, 4) is 23.2 Å². The molecule has 1 aromatic carbocycles. The summed E-state index contributed by atoms with van der Waals surface area (Å²) in [6.07, 6.45) is 6.51. The van der Waals surface area contributed by atoms with Crippen LogP contribution in [0.1, 0.15) is 54.5 Å². The minimum atomic E-state index is -0.585. The number of carbonyl (C=O) groups excluding carboxylic acids is 1. The molecule has 3 aliphatic rings. The van der Waals surface area contributed by atoms with Gasteiger partial charge in [0.05, 0.1) is 11.0 Å². The highest BCUT2D eigenvalue weighted by Crippen LogP contribution is 2.48. The van der Waals surface area contributed by atoms with Crippen molar-refractivity contribution < 1.29 is 14.1 Å². The smallest absolute Gasteiger partial charge is 0.246 e. The summed E-state index contributed by atoms with van der Waals surface area (Å²) in [5, 5.41) is 14.8. The number of likely N-dealkylation sites (tertiary alicyclic amines) is 1. The summed E-state index contributed by atoms with van der Waals surface area (Å²) >= 11 is 1.49. The molecular formula is C31H37N7O3S. The van der Waals surface area contributed by atoms with Gasteiger partial charge in [0, 0.05) is 60.5 Å². The number of nitrogens with two attached hydrogens (primary N) is 1. The molecule has 4 heterocycles. The Balaban J connectivity index is 1.30. The number of nitrogen functional groups attached to an aromatic ring is 1. The number of hydrogen-bond donors (Lipinski definition) is 1. The van der Waals surface area contributed by atoms with E-state index in [4.69, 9.17) is 20.0 Å². The summed E-state index contributed by atoms with van der Waals surface area (Å²) < 4.78 is 12.2. The van der Waals surface area contributed by atoms with Crippen molar-refractivity contribution in [2.75, 3.05) is 63.1 Å². The zero-order valence-corrected chi connectivity index (χ0v) is 24.9. The SMILES string of the molecule is C=CC(=O)N1CCN(c2cc(OCCN3CCCC3)cc(-c3noc(C4(C)CCCc5sc(N)c(C#N)c54)n3)c2)CC1. The molecule has 0 spiro atoms. The van der Waals surface area contributed by atoms with Gasteiger partial charge in [0.15, 0.2) is 0 Å². The molecule has 1 aliphatic carbocycles. The van der Waals surface area contributed by atoms with E-state index < -0.39 is 5.41 Å². The molecule has 1 unspecified atom stereocenters. The van der Waals surface area contributed by atoms with Crippen molar-refractivity contribution in [1.29, 1.82) is 5.26 Å². The van der Waals surface area contributed by atoms with E-state index in [1.165, 1.54) is 30.3 Å². The molecule has 1 atom stereocenters. The van der Waals surface area contributed by atoms with E-state index in [2.05, 4.69) is 46.7 Å². The number of benzene rings is 1. The molecule has 2 saturated heterocycles. The fourth-order valence-corrected chi connectivity index (χ4v) is 7.66. The maximum absolute atomic E-state index is 12.1. The molecule has 1 amide bonds. The number of anilines is 2. The zero-order valence-electron chi connectivity index (χ0n) is 24.1. The van der Waals surface area contributed by atoms with Gasteiger partial charge in [-0.05, 0) is 70.3 Å². The molecule has 6 rings (SSSR count). The average molecular weight is 588 g/mol. The van der Waals surface area contributed by atoms with Gasteiger partial charge >= 0.3 is 0 Å². The standard InChI is InChI=1S/C31H37N7O3S/c1-3-26(39)38-13-11-37(12-14-38)22-17-21(18-23(19-22)40-16-15-36-9-4-5-10-36)29-34-30(41-35-29)31(2)8-6-7-25-27(31)24(20-32)28(33)42-25/h3,17-19H,1,4-16,33H2,2H3. The Morgan fingerprint density at radius 3 is 2.74 bits per heavy atom. The van der Waals surface area contributed by atoms with Gasteiger partial charge in [-0.25, -0.2) is 0 Å². The van der Waals surface area contributed by atoms with E-state index in [0.717, 1.165) is 66.3 Å². The fourth-order valence-electron chi connectivity index (χ4n) is 6.47. The van der Waals surface area contributed by atoms with Gasteiger partial charge in [0.25, 0.3) is 0 Å². The Morgan fingerprint density at radius 2 is 2.00 bits per heavy atom. The number of thiophene rings is 1. The third kappa shape index (κ3) is 5.37. The van der Waals surface area contributed by atoms with Gasteiger partial charge in [0.2, 0.25) is 17.6 Å². The van der Waals surface area contributed by atoms with Gasteiger partial charge in [0.1, 0.15) is 23.4 Å². The number of piperazine rings is 1. The monoisotopic (exact) mass is 587 g/mol. The second-order valence-electron chi connectivity index (χ2n) is 11.5. The molecule has 220 valence electrons. The molecule has 3 aromatic rings. The highest BCUT2D eigenvalue weighted by Gasteiger charge is 2.43. The Hall–Kier alpha value is -3.88. The molecule has 11 heteroatoms. The van der Waals surface area contributed by atoms with Crippen molar-refractivity contribution in [3.63, 3.8) is 0 Å². The molecule has 0 bridgehead atoms. The van der Waals surface area contributed by atoms with Crippen LogP contribution in [-0.4, -0.2) is 78.3 Å². The number of aryl methyl sites for hydroxylation is 1. The van der Waals surface area contributed by atoms with Crippen molar-refractivity contribution >= 4 is 27.9 Å². The van der Waals surface area contributed by atoms with Crippen molar-refractivity contribution in [2.45, 2.75) is 44.4 Å². The molecule has 2 aromatic heterocycles. The van der Waals surface area contributed by atoms with E-state index in [1.54, 1.807) is 0 Å². The molecule has 2 N–H and O–H groups in total. The Kier molecular flexibility index (Phi) is 7.92. The molecule has 0 radical (unpaired) electrons. The lowest BCUT2D eigenvalue weighted by molar-refractivity contribution is -0.126. The van der Waals surface area contributed by atoms with Crippen LogP contribution in [0.3, 0.4) is 0 Å². The van der Waals surface area contributed by atoms with Crippen LogP contribution < -0.4 is 15.4 Å². The number of hydrogen-bond acceptors (Lipinski definition) is 10. The third-order valence-corrected chi connectivity index (χ3v) is 9.88. The minimum absolute atomic E-state index is 0.0417. The van der Waals surface area contributed by atoms with E-state index in [-0.39, 0.29) is 5.91 Å². The van der Waals surface area contributed by atoms with Crippen LogP contribution in [0.4, 0.5) is 10.7 Å². The lowest BCUT2D eigenvalue weighted by Gasteiger charge is -2.36. The number of amides is 1. The van der Waals surface area contributed by atoms with Crippen molar-refractivity contribution in [1.82, 2.24) is 19.9 Å². The number of aromatic nitrogens is 2. The maximum atomic E-state index is 12.1. The molecule has 0 saturated carbocycles. The van der Waals surface area contributed by atoms with Gasteiger partial charge in [-0.2, -0.15) is 10.2 Å². The summed E-state index contributed by atoms with van der Waals surface area (Å²) in [4.78, 5) is 24.7. The quantitative estimate of drug-likeness (QED) is 0.386. The normalized spacial score (nSPS) is 20.8. The summed E-state index contributed by atoms with van der Waals surface area (Å²) in [5.74, 6) is 1.68. The first-order chi connectivity index (χ1) is 20.4. The van der Waals surface area contributed by atoms with E-state index in [0.29, 0.717) is 55.1 Å². The van der Waals surface area contributed by atoms with Gasteiger partial charge in [-0.3, -0.25) is 9.69 Å². The van der Waals surface area contributed by atoms with Gasteiger partial charge < -0.3 is 24.8 Å². The van der Waals surface area contributed by atoms with E-state index >= 15 is 0 Å². The van der Waals surface area contributed by atoms with Gasteiger partial charge in [-0.15, -0.1) is 11.3 Å². The number of nitriles is 1. The number of ether oxygens (including phenoxy) is 1. The lowest BCUT2D eigenvalue weighted by atomic mass is 9.72. The molecule has 10 nitrogen and oxygen atoms in total. The first-order valence-electron chi connectivity index (χ1n) is 14.7. The van der Waals surface area contributed by atoms with Crippen LogP contribution >= 0.6 is 11.3 Å². The van der Waals surface area contributed by atoms with Crippen LogP contribution in [0.2, 0.25) is 0 Å². The second-order valence-corrected chi connectivity index (χ2v) is 12.6. The Morgan fingerprint density at radius 1 is 1.21 bits per heavy atom. The van der Waals surface area contributed by atoms with Crippen molar-refractivity contribution in [2.24, 2.45) is 0 Å². The average Bonchev–Trinajstić information content (AvgIpc) is 3.78. The van der Waals surface area contributed by atoms with Crippen LogP contribution in [-0.2, 0) is 16.6 Å². The Bertz CT molecular complexity index is 1510. The first-order valence-corrected chi connectivity index (χ1v) is 15.5. The number of rotatable bonds is 8. The zero-order chi connectivity index (χ0) is 29.3. The number of nitrogens with zero attached hydrogens (tertiary/aromatic N) is 6. The topological polar surface area (TPSA) is 125 Å². The second kappa shape index (κ2) is 11.8. The lowest BCUT2D eigenvalue weighted by Crippen LogP contribution is -2.48. The maximum Gasteiger partial charge on any atom is 0.246 e.